The molecule has 0 radical (unpaired) electrons. The van der Waals surface area contributed by atoms with Gasteiger partial charge in [0.2, 0.25) is 5.91 Å². The van der Waals surface area contributed by atoms with Crippen LogP contribution in [0.25, 0.3) is 0 Å². The van der Waals surface area contributed by atoms with Crippen LogP contribution in [0.5, 0.6) is 0 Å². The van der Waals surface area contributed by atoms with Crippen molar-refractivity contribution in [1.29, 1.82) is 0 Å². The van der Waals surface area contributed by atoms with Crippen LogP contribution in [0.2, 0.25) is 0 Å². The fourth-order valence-electron chi connectivity index (χ4n) is 3.54. The molecule has 0 aliphatic carbocycles. The molecule has 0 bridgehead atoms. The van der Waals surface area contributed by atoms with Gasteiger partial charge in [-0.2, -0.15) is 0 Å². The molecule has 2 atom stereocenters. The summed E-state index contributed by atoms with van der Waals surface area (Å²) in [6.45, 7) is 5.99. The zero-order valence-electron chi connectivity index (χ0n) is 13.7. The molecular weight excluding hydrogens is 294 g/mol. The number of morpholine rings is 1. The fraction of sp³-hybridized carbons (Fsp3) is 0.588. The zero-order chi connectivity index (χ0) is 16.4. The van der Waals surface area contributed by atoms with E-state index in [-0.39, 0.29) is 24.0 Å². The minimum Gasteiger partial charge on any atom is -0.374 e. The highest BCUT2D eigenvalue weighted by molar-refractivity contribution is 5.95. The standard InChI is InChI=1S/C17H23N3O3/c1-3-13-10-18-6-4-14(13)17(22)19-7-5-16-15(11-19)20(12(2)21)8-9-23-16/h4,6,10,15-16H,3,5,7-9,11H2,1-2H3. The summed E-state index contributed by atoms with van der Waals surface area (Å²) in [5.74, 6) is 0.0764. The van der Waals surface area contributed by atoms with E-state index in [2.05, 4.69) is 4.98 Å². The number of hydrogen-bond acceptors (Lipinski definition) is 4. The molecule has 0 N–H and O–H groups in total. The predicted molar refractivity (Wildman–Crippen MR) is 85.1 cm³/mol. The van der Waals surface area contributed by atoms with Crippen LogP contribution in [0.1, 0.15) is 36.2 Å². The number of likely N-dealkylation sites (tertiary alicyclic amines) is 1. The first-order valence-electron chi connectivity index (χ1n) is 8.22. The summed E-state index contributed by atoms with van der Waals surface area (Å²) < 4.78 is 5.80. The van der Waals surface area contributed by atoms with E-state index >= 15 is 0 Å². The maximum atomic E-state index is 12.9. The highest BCUT2D eigenvalue weighted by Crippen LogP contribution is 2.25. The predicted octanol–water partition coefficient (Wildman–Crippen LogP) is 1.11. The average Bonchev–Trinajstić information content (AvgIpc) is 2.59. The summed E-state index contributed by atoms with van der Waals surface area (Å²) in [7, 11) is 0. The highest BCUT2D eigenvalue weighted by Gasteiger charge is 2.39. The summed E-state index contributed by atoms with van der Waals surface area (Å²) >= 11 is 0. The monoisotopic (exact) mass is 317 g/mol. The van der Waals surface area contributed by atoms with Crippen LogP contribution in [0.3, 0.4) is 0 Å². The Morgan fingerprint density at radius 2 is 2.22 bits per heavy atom. The Hall–Kier alpha value is -1.95. The number of hydrogen-bond donors (Lipinski definition) is 0. The Morgan fingerprint density at radius 3 is 2.96 bits per heavy atom. The van der Waals surface area contributed by atoms with Gasteiger partial charge in [0.15, 0.2) is 0 Å². The van der Waals surface area contributed by atoms with Gasteiger partial charge in [-0.3, -0.25) is 14.6 Å². The van der Waals surface area contributed by atoms with Crippen molar-refractivity contribution in [2.75, 3.05) is 26.2 Å². The van der Waals surface area contributed by atoms with Gasteiger partial charge in [-0.25, -0.2) is 0 Å². The highest BCUT2D eigenvalue weighted by atomic mass is 16.5. The summed E-state index contributed by atoms with van der Waals surface area (Å²) in [6, 6.07) is 1.75. The van der Waals surface area contributed by atoms with Crippen molar-refractivity contribution >= 4 is 11.8 Å². The minimum absolute atomic E-state index is 0.0248. The van der Waals surface area contributed by atoms with Crippen LogP contribution in [0, 0.1) is 0 Å². The Labute approximate surface area is 136 Å². The third-order valence-corrected chi connectivity index (χ3v) is 4.79. The number of pyridine rings is 1. The molecule has 0 spiro atoms. The first-order chi connectivity index (χ1) is 11.1. The molecule has 2 unspecified atom stereocenters. The number of ether oxygens (including phenoxy) is 1. The smallest absolute Gasteiger partial charge is 0.254 e. The van der Waals surface area contributed by atoms with Crippen LogP contribution in [-0.2, 0) is 16.0 Å². The molecule has 2 aliphatic rings. The normalized spacial score (nSPS) is 24.3. The Balaban J connectivity index is 1.79. The van der Waals surface area contributed by atoms with Gasteiger partial charge in [0.1, 0.15) is 0 Å². The lowest BCUT2D eigenvalue weighted by molar-refractivity contribution is -0.149. The quantitative estimate of drug-likeness (QED) is 0.819. The maximum absolute atomic E-state index is 12.9. The lowest BCUT2D eigenvalue weighted by Gasteiger charge is -2.46. The van der Waals surface area contributed by atoms with E-state index in [4.69, 9.17) is 4.74 Å². The Morgan fingerprint density at radius 1 is 1.39 bits per heavy atom. The number of nitrogens with zero attached hydrogens (tertiary/aromatic N) is 3. The molecule has 0 saturated carbocycles. The summed E-state index contributed by atoms with van der Waals surface area (Å²) in [5.41, 5.74) is 1.68. The average molecular weight is 317 g/mol. The number of rotatable bonds is 2. The molecule has 0 aromatic carbocycles. The van der Waals surface area contributed by atoms with Gasteiger partial charge in [-0.05, 0) is 24.5 Å². The van der Waals surface area contributed by atoms with E-state index in [1.807, 2.05) is 16.7 Å². The van der Waals surface area contributed by atoms with E-state index < -0.39 is 0 Å². The second-order valence-electron chi connectivity index (χ2n) is 6.12. The van der Waals surface area contributed by atoms with E-state index in [9.17, 15) is 9.59 Å². The Bertz CT molecular complexity index is 605. The summed E-state index contributed by atoms with van der Waals surface area (Å²) in [6.07, 6.45) is 5.00. The zero-order valence-corrected chi connectivity index (χ0v) is 13.7. The number of fused-ring (bicyclic) bond motifs is 1. The van der Waals surface area contributed by atoms with Crippen LogP contribution in [-0.4, -0.2) is 65.0 Å². The molecule has 3 heterocycles. The van der Waals surface area contributed by atoms with Crippen LogP contribution in [0.15, 0.2) is 18.5 Å². The van der Waals surface area contributed by atoms with Gasteiger partial charge >= 0.3 is 0 Å². The lowest BCUT2D eigenvalue weighted by Crippen LogP contribution is -2.61. The largest absolute Gasteiger partial charge is 0.374 e. The van der Waals surface area contributed by atoms with Crippen molar-refractivity contribution in [3.05, 3.63) is 29.6 Å². The molecule has 2 amide bonds. The molecule has 2 saturated heterocycles. The van der Waals surface area contributed by atoms with Crippen molar-refractivity contribution in [2.24, 2.45) is 0 Å². The number of aryl methyl sites for hydroxylation is 1. The third-order valence-electron chi connectivity index (χ3n) is 4.79. The van der Waals surface area contributed by atoms with Gasteiger partial charge in [-0.15, -0.1) is 0 Å². The fourth-order valence-corrected chi connectivity index (χ4v) is 3.54. The molecule has 124 valence electrons. The first kappa shape index (κ1) is 15.9. The van der Waals surface area contributed by atoms with Gasteiger partial charge in [-0.1, -0.05) is 6.92 Å². The van der Waals surface area contributed by atoms with Crippen LogP contribution < -0.4 is 0 Å². The second kappa shape index (κ2) is 6.66. The van der Waals surface area contributed by atoms with Crippen molar-refractivity contribution in [1.82, 2.24) is 14.8 Å². The molecule has 3 rings (SSSR count). The van der Waals surface area contributed by atoms with Crippen molar-refractivity contribution < 1.29 is 14.3 Å². The molecule has 6 heteroatoms. The summed E-state index contributed by atoms with van der Waals surface area (Å²) in [5, 5.41) is 0. The van der Waals surface area contributed by atoms with E-state index in [1.165, 1.54) is 0 Å². The second-order valence-corrected chi connectivity index (χ2v) is 6.12. The van der Waals surface area contributed by atoms with E-state index in [0.29, 0.717) is 31.8 Å². The number of aromatic nitrogens is 1. The number of carbonyl (C=O) groups excluding carboxylic acids is 2. The molecule has 2 aliphatic heterocycles. The van der Waals surface area contributed by atoms with E-state index in [1.54, 1.807) is 25.4 Å². The van der Waals surface area contributed by atoms with Gasteiger partial charge in [0, 0.05) is 44.5 Å². The van der Waals surface area contributed by atoms with Gasteiger partial charge < -0.3 is 14.5 Å². The molecule has 1 aromatic heterocycles. The Kier molecular flexibility index (Phi) is 4.61. The molecule has 23 heavy (non-hydrogen) atoms. The van der Waals surface area contributed by atoms with Crippen molar-refractivity contribution in [3.63, 3.8) is 0 Å². The SMILES string of the molecule is CCc1cnccc1C(=O)N1CCC2OCCN(C(C)=O)C2C1. The number of piperidine rings is 1. The van der Waals surface area contributed by atoms with Gasteiger partial charge in [0.05, 0.1) is 18.8 Å². The lowest BCUT2D eigenvalue weighted by atomic mass is 9.97. The van der Waals surface area contributed by atoms with Gasteiger partial charge in [0.25, 0.3) is 5.91 Å². The topological polar surface area (TPSA) is 62.7 Å². The summed E-state index contributed by atoms with van der Waals surface area (Å²) in [4.78, 5) is 32.5. The maximum Gasteiger partial charge on any atom is 0.254 e. The van der Waals surface area contributed by atoms with Crippen LogP contribution >= 0.6 is 0 Å². The van der Waals surface area contributed by atoms with Crippen molar-refractivity contribution in [3.8, 4) is 0 Å². The minimum atomic E-state index is -0.0362. The number of amides is 2. The number of carbonyl (C=O) groups is 2. The van der Waals surface area contributed by atoms with E-state index in [0.717, 1.165) is 18.4 Å². The van der Waals surface area contributed by atoms with Crippen LogP contribution in [0.4, 0.5) is 0 Å². The first-order valence-corrected chi connectivity index (χ1v) is 8.22. The third kappa shape index (κ3) is 3.08. The molecule has 1 aromatic rings. The molecular formula is C17H23N3O3. The van der Waals surface area contributed by atoms with Crippen molar-refractivity contribution in [2.45, 2.75) is 38.8 Å². The molecule has 2 fully saturated rings. The molecule has 6 nitrogen and oxygen atoms in total.